The van der Waals surface area contributed by atoms with Crippen LogP contribution in [0.1, 0.15) is 18.4 Å². The molecule has 1 atom stereocenters. The van der Waals surface area contributed by atoms with Crippen LogP contribution in [0.15, 0.2) is 24.3 Å². The number of rotatable bonds is 3. The maximum Gasteiger partial charge on any atom is 0.327 e. The summed E-state index contributed by atoms with van der Waals surface area (Å²) in [6, 6.07) is 6.59. The second-order valence-corrected chi connectivity index (χ2v) is 6.65. The highest BCUT2D eigenvalue weighted by atomic mass is 35.5. The molecule has 1 aromatic rings. The van der Waals surface area contributed by atoms with E-state index in [-0.39, 0.29) is 5.91 Å². The van der Waals surface area contributed by atoms with Gasteiger partial charge in [-0.1, -0.05) is 23.7 Å². The normalized spacial score (nSPS) is 23.6. The molecule has 2 aliphatic rings. The molecule has 2 fully saturated rings. The molecule has 0 unspecified atom stereocenters. The average Bonchev–Trinajstić information content (AvgIpc) is 3.08. The third kappa shape index (κ3) is 2.19. The van der Waals surface area contributed by atoms with Crippen LogP contribution < -0.4 is 0 Å². The number of amides is 1. The first kappa shape index (κ1) is 13.8. The summed E-state index contributed by atoms with van der Waals surface area (Å²) in [5.74, 6) is -0.0457. The lowest BCUT2D eigenvalue weighted by Gasteiger charge is -2.26. The summed E-state index contributed by atoms with van der Waals surface area (Å²) in [7, 11) is 0. The molecule has 1 aliphatic heterocycles. The van der Waals surface area contributed by atoms with Crippen molar-refractivity contribution in [3.8, 4) is 0 Å². The Morgan fingerprint density at radius 2 is 1.95 bits per heavy atom. The fourth-order valence-electron chi connectivity index (χ4n) is 2.64. The van der Waals surface area contributed by atoms with Gasteiger partial charge in [0.1, 0.15) is 6.04 Å². The first-order valence-corrected chi connectivity index (χ1v) is 7.95. The van der Waals surface area contributed by atoms with Crippen LogP contribution in [-0.4, -0.2) is 39.6 Å². The summed E-state index contributed by atoms with van der Waals surface area (Å²) in [6.45, 7) is 0. The monoisotopic (exact) mass is 311 g/mol. The van der Waals surface area contributed by atoms with Crippen LogP contribution in [0, 0.1) is 0 Å². The van der Waals surface area contributed by atoms with Gasteiger partial charge in [0.15, 0.2) is 0 Å². The highest BCUT2D eigenvalue weighted by molar-refractivity contribution is 7.99. The van der Waals surface area contributed by atoms with Gasteiger partial charge < -0.3 is 10.0 Å². The fraction of sp³-hybridized carbons (Fsp3) is 0.429. The van der Waals surface area contributed by atoms with Crippen molar-refractivity contribution in [3.63, 3.8) is 0 Å². The summed E-state index contributed by atoms with van der Waals surface area (Å²) in [5, 5.41) is 9.84. The van der Waals surface area contributed by atoms with E-state index >= 15 is 0 Å². The van der Waals surface area contributed by atoms with Crippen molar-refractivity contribution < 1.29 is 14.7 Å². The molecule has 3 rings (SSSR count). The molecule has 0 bridgehead atoms. The molecule has 0 spiro atoms. The molecular weight excluding hydrogens is 298 g/mol. The van der Waals surface area contributed by atoms with Gasteiger partial charge in [-0.05, 0) is 30.5 Å². The van der Waals surface area contributed by atoms with E-state index in [0.29, 0.717) is 16.7 Å². The summed E-state index contributed by atoms with van der Waals surface area (Å²) < 4.78 is 0. The van der Waals surface area contributed by atoms with E-state index < -0.39 is 17.4 Å². The van der Waals surface area contributed by atoms with Crippen LogP contribution in [0.3, 0.4) is 0 Å². The fourth-order valence-corrected chi connectivity index (χ4v) is 3.91. The molecular formula is C14H14ClNO3S. The average molecular weight is 312 g/mol. The van der Waals surface area contributed by atoms with Crippen LogP contribution in [0.5, 0.6) is 0 Å². The van der Waals surface area contributed by atoms with Crippen LogP contribution in [-0.2, 0) is 15.0 Å². The highest BCUT2D eigenvalue weighted by Crippen LogP contribution is 2.50. The Hall–Kier alpha value is -1.20. The Kier molecular flexibility index (Phi) is 3.42. The molecule has 6 heteroatoms. The number of carboxylic acid groups (broad SMARTS) is 1. The van der Waals surface area contributed by atoms with Gasteiger partial charge in [-0.3, -0.25) is 4.79 Å². The number of thioether (sulfide) groups is 1. The molecule has 1 aliphatic carbocycles. The second kappa shape index (κ2) is 4.97. The summed E-state index contributed by atoms with van der Waals surface area (Å²) in [5.41, 5.74) is 0.413. The zero-order chi connectivity index (χ0) is 14.3. The highest BCUT2D eigenvalue weighted by Gasteiger charge is 2.55. The summed E-state index contributed by atoms with van der Waals surface area (Å²) >= 11 is 7.37. The number of carboxylic acids is 1. The van der Waals surface area contributed by atoms with Crippen molar-refractivity contribution in [1.82, 2.24) is 4.90 Å². The number of carbonyl (C=O) groups excluding carboxylic acids is 1. The number of halogens is 1. The van der Waals surface area contributed by atoms with E-state index in [9.17, 15) is 14.7 Å². The molecule has 1 aromatic carbocycles. The minimum Gasteiger partial charge on any atom is -0.480 e. The minimum absolute atomic E-state index is 0.0581. The maximum atomic E-state index is 12.7. The van der Waals surface area contributed by atoms with Gasteiger partial charge in [0.25, 0.3) is 0 Å². The second-order valence-electron chi connectivity index (χ2n) is 5.22. The Bertz CT molecular complexity index is 556. The lowest BCUT2D eigenvalue weighted by atomic mass is 9.94. The zero-order valence-electron chi connectivity index (χ0n) is 10.7. The lowest BCUT2D eigenvalue weighted by Crippen LogP contribution is -2.46. The summed E-state index contributed by atoms with van der Waals surface area (Å²) in [6.07, 6.45) is 1.56. The summed E-state index contributed by atoms with van der Waals surface area (Å²) in [4.78, 5) is 25.5. The van der Waals surface area contributed by atoms with Gasteiger partial charge in [-0.25, -0.2) is 4.79 Å². The zero-order valence-corrected chi connectivity index (χ0v) is 12.3. The molecule has 1 N–H and O–H groups in total. The third-order valence-corrected chi connectivity index (χ3v) is 5.25. The molecule has 1 heterocycles. The van der Waals surface area contributed by atoms with E-state index in [4.69, 9.17) is 11.6 Å². The van der Waals surface area contributed by atoms with E-state index in [2.05, 4.69) is 0 Å². The lowest BCUT2D eigenvalue weighted by molar-refractivity contribution is -0.148. The molecule has 4 nitrogen and oxygen atoms in total. The number of aliphatic carboxylic acids is 1. The van der Waals surface area contributed by atoms with Gasteiger partial charge in [-0.15, -0.1) is 11.8 Å². The van der Waals surface area contributed by atoms with E-state index in [1.165, 1.54) is 16.7 Å². The van der Waals surface area contributed by atoms with Crippen molar-refractivity contribution in [2.45, 2.75) is 24.3 Å². The molecule has 1 saturated heterocycles. The van der Waals surface area contributed by atoms with Crippen LogP contribution >= 0.6 is 23.4 Å². The Labute approximate surface area is 126 Å². The van der Waals surface area contributed by atoms with E-state index in [1.54, 1.807) is 12.1 Å². The predicted molar refractivity (Wildman–Crippen MR) is 78.0 cm³/mol. The molecule has 1 amide bonds. The van der Waals surface area contributed by atoms with Gasteiger partial charge in [0.2, 0.25) is 5.91 Å². The number of nitrogens with zero attached hydrogens (tertiary/aromatic N) is 1. The molecule has 0 aromatic heterocycles. The smallest absolute Gasteiger partial charge is 0.327 e. The van der Waals surface area contributed by atoms with Gasteiger partial charge in [-0.2, -0.15) is 0 Å². The van der Waals surface area contributed by atoms with Crippen LogP contribution in [0.4, 0.5) is 0 Å². The van der Waals surface area contributed by atoms with E-state index in [0.717, 1.165) is 18.4 Å². The van der Waals surface area contributed by atoms with Crippen LogP contribution in [0.25, 0.3) is 0 Å². The van der Waals surface area contributed by atoms with E-state index in [1.807, 2.05) is 12.1 Å². The molecule has 106 valence electrons. The first-order valence-electron chi connectivity index (χ1n) is 6.42. The number of carbonyl (C=O) groups is 2. The van der Waals surface area contributed by atoms with Crippen molar-refractivity contribution in [2.24, 2.45) is 0 Å². The maximum absolute atomic E-state index is 12.7. The van der Waals surface area contributed by atoms with Crippen LogP contribution in [0.2, 0.25) is 5.02 Å². The Morgan fingerprint density at radius 1 is 1.30 bits per heavy atom. The molecule has 0 radical (unpaired) electrons. The quantitative estimate of drug-likeness (QED) is 0.931. The van der Waals surface area contributed by atoms with Crippen molar-refractivity contribution in [3.05, 3.63) is 34.9 Å². The SMILES string of the molecule is O=C(O)[C@@H]1CSCN1C(=O)C1(c2ccc(Cl)cc2)CC1. The number of hydrogen-bond acceptors (Lipinski definition) is 3. The topological polar surface area (TPSA) is 57.6 Å². The number of benzene rings is 1. The molecule has 1 saturated carbocycles. The minimum atomic E-state index is -0.921. The van der Waals surface area contributed by atoms with Crippen molar-refractivity contribution in [1.29, 1.82) is 0 Å². The van der Waals surface area contributed by atoms with Gasteiger partial charge in [0, 0.05) is 10.8 Å². The Morgan fingerprint density at radius 3 is 2.50 bits per heavy atom. The standard InChI is InChI=1S/C14H14ClNO3S/c15-10-3-1-9(2-4-10)14(5-6-14)13(19)16-8-20-7-11(16)12(17)18/h1-4,11H,5-8H2,(H,17,18)/t11-/m0/s1. The number of hydrogen-bond donors (Lipinski definition) is 1. The van der Waals surface area contributed by atoms with Crippen molar-refractivity contribution in [2.75, 3.05) is 11.6 Å². The Balaban J connectivity index is 1.86. The third-order valence-electron chi connectivity index (χ3n) is 3.98. The molecule has 20 heavy (non-hydrogen) atoms. The largest absolute Gasteiger partial charge is 0.480 e. The first-order chi connectivity index (χ1) is 9.54. The van der Waals surface area contributed by atoms with Crippen molar-refractivity contribution >= 4 is 35.2 Å². The van der Waals surface area contributed by atoms with Gasteiger partial charge in [0.05, 0.1) is 11.3 Å². The predicted octanol–water partition coefficient (Wildman–Crippen LogP) is 2.36. The van der Waals surface area contributed by atoms with Gasteiger partial charge >= 0.3 is 5.97 Å².